The van der Waals surface area contributed by atoms with Gasteiger partial charge in [-0.15, -0.1) is 0 Å². The van der Waals surface area contributed by atoms with Crippen molar-refractivity contribution in [2.45, 2.75) is 40.0 Å². The van der Waals surface area contributed by atoms with E-state index in [4.69, 9.17) is 17.9 Å². The molecule has 170 valence electrons. The first-order valence-electron chi connectivity index (χ1n) is 6.21. The molecule has 2 rings (SSSR count). The lowest BCUT2D eigenvalue weighted by atomic mass is 10.6. The van der Waals surface area contributed by atoms with Gasteiger partial charge in [0, 0.05) is 0 Å². The van der Waals surface area contributed by atoms with Crippen LogP contribution in [0.5, 0.6) is 0 Å². The minimum atomic E-state index is -3.03. The quantitative estimate of drug-likeness (QED) is 0.179. The summed E-state index contributed by atoms with van der Waals surface area (Å²) < 4.78 is 134. The van der Waals surface area contributed by atoms with Crippen LogP contribution in [0.4, 0.5) is 0 Å². The largest absolute Gasteiger partial charge is 0.435 e. The van der Waals surface area contributed by atoms with Crippen LogP contribution < -0.4 is 0 Å². The van der Waals surface area contributed by atoms with Crippen LogP contribution in [-0.2, 0) is 66.5 Å². The van der Waals surface area contributed by atoms with Crippen LogP contribution in [-0.4, -0.2) is 52.6 Å². The van der Waals surface area contributed by atoms with Crippen LogP contribution in [0.1, 0.15) is 0 Å². The van der Waals surface area contributed by atoms with E-state index in [2.05, 4.69) is 0 Å². The molecule has 14 nitrogen and oxygen atoms in total. The van der Waals surface area contributed by atoms with E-state index in [1.54, 1.807) is 0 Å². The zero-order valence-electron chi connectivity index (χ0n) is 13.2. The van der Waals surface area contributed by atoms with Gasteiger partial charge in [0.05, 0.1) is 0 Å². The molecule has 0 amide bonds. The maximum absolute atomic E-state index is 11.6. The third kappa shape index (κ3) is 5.45. The summed E-state index contributed by atoms with van der Waals surface area (Å²) in [6.07, 6.45) is 0. The highest BCUT2D eigenvalue weighted by atomic mass is 33.1. The van der Waals surface area contributed by atoms with Gasteiger partial charge < -0.3 is 27.0 Å². The van der Waals surface area contributed by atoms with Gasteiger partial charge in [-0.2, -0.15) is 0 Å². The van der Waals surface area contributed by atoms with E-state index in [0.717, 1.165) is 0 Å². The van der Waals surface area contributed by atoms with E-state index in [-0.39, 0.29) is 21.6 Å². The van der Waals surface area contributed by atoms with Gasteiger partial charge in [-0.05, 0) is 21.6 Å². The summed E-state index contributed by atoms with van der Waals surface area (Å²) in [6.45, 7) is 0. The molecule has 0 bridgehead atoms. The monoisotopic (exact) mass is 582 g/mol. The van der Waals surface area contributed by atoms with Crippen LogP contribution in [0.3, 0.4) is 0 Å². The van der Waals surface area contributed by atoms with E-state index < -0.39 is 106 Å². The third-order valence-corrected chi connectivity index (χ3v) is 9.79. The van der Waals surface area contributed by atoms with E-state index >= 15 is 0 Å². The minimum Gasteiger partial charge on any atom is -0.435 e. The molecule has 0 aromatic carbocycles. The molecule has 0 saturated carbocycles. The molecule has 0 saturated heterocycles. The topological polar surface area (TPSA) is 250 Å². The minimum absolute atomic E-state index is 0.281. The highest BCUT2D eigenvalue weighted by Gasteiger charge is 2.34. The van der Waals surface area contributed by atoms with Crippen molar-refractivity contribution in [2.24, 2.45) is 0 Å². The van der Waals surface area contributed by atoms with Crippen molar-refractivity contribution < 1.29 is 61.4 Å². The normalized spacial score (nSPS) is 17.9. The predicted octanol–water partition coefficient (Wildman–Crippen LogP) is 1.16. The second kappa shape index (κ2) is 10.7. The molecule has 2 aromatic heterocycles. The number of furan rings is 2. The fraction of sp³-hybridized carbons (Fsp3) is 0. The highest BCUT2D eigenvalue weighted by Crippen LogP contribution is 2.48. The number of hydrogen-bond acceptors (Lipinski definition) is 10. The van der Waals surface area contributed by atoms with Gasteiger partial charge in [0.2, 0.25) is 32.3 Å². The molecule has 0 aliphatic heterocycles. The Hall–Kier alpha value is -0.0800. The van der Waals surface area contributed by atoms with Gasteiger partial charge in [0.25, 0.3) is 0 Å². The maximum Gasteiger partial charge on any atom is 0.239 e. The fourth-order valence-corrected chi connectivity index (χ4v) is 9.28. The predicted molar refractivity (Wildman–Crippen MR) is 103 cm³/mol. The van der Waals surface area contributed by atoms with E-state index in [1.807, 2.05) is 0 Å². The van der Waals surface area contributed by atoms with Crippen molar-refractivity contribution >= 4 is 88.1 Å². The molecule has 6 N–H and O–H groups in total. The van der Waals surface area contributed by atoms with Gasteiger partial charge in [-0.25, -0.2) is 25.3 Å². The Morgan fingerprint density at radius 1 is 0.467 bits per heavy atom. The molecule has 22 heteroatoms. The van der Waals surface area contributed by atoms with Crippen LogP contribution in [0.15, 0.2) is 48.8 Å². The summed E-state index contributed by atoms with van der Waals surface area (Å²) >= 11 is -18.0. The average molecular weight is 583 g/mol. The maximum atomic E-state index is 11.6. The van der Waals surface area contributed by atoms with Gasteiger partial charge in [-0.3, -0.25) is 9.11 Å². The Morgan fingerprint density at radius 3 is 0.933 bits per heavy atom. The average Bonchev–Trinajstić information content (AvgIpc) is 3.19. The van der Waals surface area contributed by atoms with Crippen LogP contribution >= 0.6 is 21.6 Å². The molecule has 0 aliphatic rings. The Morgan fingerprint density at radius 2 is 0.733 bits per heavy atom. The van der Waals surface area contributed by atoms with Crippen molar-refractivity contribution in [1.82, 2.24) is 0 Å². The summed E-state index contributed by atoms with van der Waals surface area (Å²) in [6, 6.07) is 0. The van der Waals surface area contributed by atoms with Crippen LogP contribution in [0.25, 0.3) is 0 Å². The molecule has 0 spiro atoms. The Balaban J connectivity index is 2.60. The van der Waals surface area contributed by atoms with Gasteiger partial charge in [0.15, 0.2) is 54.5 Å². The van der Waals surface area contributed by atoms with Crippen molar-refractivity contribution in [2.75, 3.05) is 0 Å². The van der Waals surface area contributed by atoms with E-state index in [0.29, 0.717) is 0 Å². The lowest BCUT2D eigenvalue weighted by Gasteiger charge is -1.99. The second-order valence-electron chi connectivity index (χ2n) is 4.33. The molecule has 0 radical (unpaired) electrons. The molecule has 30 heavy (non-hydrogen) atoms. The first-order chi connectivity index (χ1) is 13.9. The second-order valence-corrected chi connectivity index (χ2v) is 11.8. The first-order valence-corrected chi connectivity index (χ1v) is 15.0. The summed E-state index contributed by atoms with van der Waals surface area (Å²) in [7, 11) is 0.561. The Kier molecular flexibility index (Phi) is 9.33. The number of rotatable bonds is 9. The van der Waals surface area contributed by atoms with Crippen molar-refractivity contribution in [3.63, 3.8) is 0 Å². The first kappa shape index (κ1) is 26.2. The summed E-state index contributed by atoms with van der Waals surface area (Å²) in [4.78, 5) is -3.64. The lowest BCUT2D eigenvalue weighted by Crippen LogP contribution is -2.00. The summed E-state index contributed by atoms with van der Waals surface area (Å²) in [5.74, 6) is 0. The molecule has 0 aliphatic carbocycles. The van der Waals surface area contributed by atoms with Gasteiger partial charge in [0.1, 0.15) is 19.6 Å². The van der Waals surface area contributed by atoms with Gasteiger partial charge in [-0.1, -0.05) is 0 Å². The highest BCUT2D eigenvalue weighted by molar-refractivity contribution is 8.76. The van der Waals surface area contributed by atoms with Crippen molar-refractivity contribution in [3.05, 3.63) is 0 Å². The lowest BCUT2D eigenvalue weighted by molar-refractivity contribution is 0.363. The van der Waals surface area contributed by atoms with Crippen molar-refractivity contribution in [1.29, 1.82) is 0 Å². The molecule has 0 fully saturated rings. The van der Waals surface area contributed by atoms with Crippen LogP contribution in [0, 0.1) is 0 Å². The fourth-order valence-electron chi connectivity index (χ4n) is 1.74. The molecular formula is C8H6O14S8. The van der Waals surface area contributed by atoms with E-state index in [1.165, 1.54) is 0 Å². The molecule has 6 atom stereocenters. The van der Waals surface area contributed by atoms with E-state index in [9.17, 15) is 43.5 Å². The zero-order chi connectivity index (χ0) is 22.9. The standard InChI is InChI=1S/C8H6O14S8/c9-25(10)1-3(27(13)14)7(29(17)18)21-5(1)23-24-6-2(26(11)12)4(28(15)16)8(22-6)30(19)20/h(H,9,10)(H,11,12)(H,13,14)(H,15,16)(H,17,18)(H,19,20). The Bertz CT molecular complexity index is 1040. The SMILES string of the molecule is O=S(O)c1oc(SSc2oc(S(=O)O)c(S(=O)O)c2S(=O)O)c(S(=O)O)c1S(=O)O. The number of hydrogen-bond donors (Lipinski definition) is 6. The molecule has 6 unspecified atom stereocenters. The van der Waals surface area contributed by atoms with Gasteiger partial charge >= 0.3 is 0 Å². The molecule has 2 heterocycles. The molecule has 2 aromatic rings. The molecular weight excluding hydrogens is 577 g/mol. The Labute approximate surface area is 188 Å². The zero-order valence-corrected chi connectivity index (χ0v) is 19.7. The smallest absolute Gasteiger partial charge is 0.239 e. The van der Waals surface area contributed by atoms with Crippen molar-refractivity contribution in [3.8, 4) is 0 Å². The van der Waals surface area contributed by atoms with Crippen LogP contribution in [0.2, 0.25) is 0 Å². The third-order valence-electron chi connectivity index (χ3n) is 2.73. The summed E-state index contributed by atoms with van der Waals surface area (Å²) in [5, 5.41) is -3.37. The summed E-state index contributed by atoms with van der Waals surface area (Å²) in [5.41, 5.74) is 0.